The molecule has 2 aromatic rings. The molecule has 1 aromatic heterocycles. The number of pyridine rings is 1. The number of hydrogen-bond acceptors (Lipinski definition) is 3. The third-order valence-electron chi connectivity index (χ3n) is 2.53. The van der Waals surface area contributed by atoms with Gasteiger partial charge in [0.15, 0.2) is 0 Å². The summed E-state index contributed by atoms with van der Waals surface area (Å²) in [7, 11) is 3.96. The van der Waals surface area contributed by atoms with Crippen LogP contribution in [0.1, 0.15) is 5.56 Å². The molecule has 0 amide bonds. The van der Waals surface area contributed by atoms with Crippen molar-refractivity contribution in [2.24, 2.45) is 0 Å². The Kier molecular flexibility index (Phi) is 3.40. The van der Waals surface area contributed by atoms with E-state index in [2.05, 4.69) is 4.98 Å². The van der Waals surface area contributed by atoms with Crippen molar-refractivity contribution in [2.75, 3.05) is 14.1 Å². The summed E-state index contributed by atoms with van der Waals surface area (Å²) in [6, 6.07) is 11.4. The average Bonchev–Trinajstić information content (AvgIpc) is 2.32. The van der Waals surface area contributed by atoms with Gasteiger partial charge in [0, 0.05) is 23.9 Å². The van der Waals surface area contributed by atoms with E-state index < -0.39 is 0 Å². The molecule has 0 atom stereocenters. The molecule has 88 valence electrons. The maximum absolute atomic E-state index is 9.78. The van der Waals surface area contributed by atoms with Crippen molar-refractivity contribution in [3.8, 4) is 17.0 Å². The van der Waals surface area contributed by atoms with Gasteiger partial charge in [-0.15, -0.1) is 0 Å². The molecule has 0 radical (unpaired) electrons. The van der Waals surface area contributed by atoms with Gasteiger partial charge >= 0.3 is 0 Å². The number of rotatable bonds is 3. The topological polar surface area (TPSA) is 36.4 Å². The van der Waals surface area contributed by atoms with Crippen molar-refractivity contribution < 1.29 is 5.11 Å². The number of nitrogens with zero attached hydrogens (tertiary/aromatic N) is 2. The van der Waals surface area contributed by atoms with Gasteiger partial charge in [-0.1, -0.05) is 6.07 Å². The van der Waals surface area contributed by atoms with E-state index in [1.54, 1.807) is 12.3 Å². The van der Waals surface area contributed by atoms with Crippen LogP contribution in [0.2, 0.25) is 0 Å². The summed E-state index contributed by atoms with van der Waals surface area (Å²) in [5.74, 6) is 0.332. The summed E-state index contributed by atoms with van der Waals surface area (Å²) in [5, 5.41) is 9.78. The van der Waals surface area contributed by atoms with Crippen LogP contribution >= 0.6 is 0 Å². The van der Waals surface area contributed by atoms with Gasteiger partial charge in [-0.3, -0.25) is 4.98 Å². The van der Waals surface area contributed by atoms with Crippen LogP contribution in [0.25, 0.3) is 11.3 Å². The van der Waals surface area contributed by atoms with E-state index in [0.29, 0.717) is 12.3 Å². The molecule has 3 nitrogen and oxygen atoms in total. The van der Waals surface area contributed by atoms with E-state index >= 15 is 0 Å². The predicted molar refractivity (Wildman–Crippen MR) is 68.7 cm³/mol. The van der Waals surface area contributed by atoms with Gasteiger partial charge in [-0.25, -0.2) is 0 Å². The van der Waals surface area contributed by atoms with Crippen molar-refractivity contribution >= 4 is 0 Å². The highest BCUT2D eigenvalue weighted by Crippen LogP contribution is 2.25. The molecular formula is C14H16N2O. The summed E-state index contributed by atoms with van der Waals surface area (Å²) in [5.41, 5.74) is 2.87. The first-order chi connectivity index (χ1) is 8.16. The fourth-order valence-corrected chi connectivity index (χ4v) is 1.75. The Hall–Kier alpha value is -1.87. The van der Waals surface area contributed by atoms with Crippen LogP contribution in [0.5, 0.6) is 5.75 Å². The molecule has 0 fully saturated rings. The lowest BCUT2D eigenvalue weighted by Gasteiger charge is -2.12. The molecule has 0 saturated heterocycles. The van der Waals surface area contributed by atoms with E-state index in [0.717, 1.165) is 16.8 Å². The number of hydrogen-bond donors (Lipinski definition) is 1. The maximum atomic E-state index is 9.78. The lowest BCUT2D eigenvalue weighted by molar-refractivity contribution is 0.386. The Morgan fingerprint density at radius 2 is 2.00 bits per heavy atom. The first kappa shape index (κ1) is 11.6. The molecule has 3 heteroatoms. The Morgan fingerprint density at radius 3 is 2.65 bits per heavy atom. The summed E-state index contributed by atoms with van der Waals surface area (Å²) in [6.45, 7) is 0.715. The highest BCUT2D eigenvalue weighted by Gasteiger charge is 2.06. The van der Waals surface area contributed by atoms with Crippen LogP contribution in [-0.2, 0) is 6.54 Å². The van der Waals surface area contributed by atoms with Gasteiger partial charge in [0.05, 0.1) is 5.69 Å². The number of aromatic nitrogens is 1. The highest BCUT2D eigenvalue weighted by atomic mass is 16.3. The molecule has 17 heavy (non-hydrogen) atoms. The Morgan fingerprint density at radius 1 is 1.18 bits per heavy atom. The largest absolute Gasteiger partial charge is 0.508 e. The first-order valence-corrected chi connectivity index (χ1v) is 5.55. The van der Waals surface area contributed by atoms with E-state index in [1.807, 2.05) is 49.3 Å². The van der Waals surface area contributed by atoms with Gasteiger partial charge in [-0.2, -0.15) is 0 Å². The lowest BCUT2D eigenvalue weighted by atomic mass is 10.1. The third kappa shape index (κ3) is 2.82. The second-order valence-corrected chi connectivity index (χ2v) is 4.30. The molecule has 0 aliphatic carbocycles. The normalized spacial score (nSPS) is 10.8. The molecule has 0 bridgehead atoms. The number of aromatic hydroxyl groups is 1. The Labute approximate surface area is 101 Å². The molecule has 0 spiro atoms. The van der Waals surface area contributed by atoms with Crippen molar-refractivity contribution in [3.05, 3.63) is 48.2 Å². The van der Waals surface area contributed by atoms with Crippen molar-refractivity contribution in [1.82, 2.24) is 9.88 Å². The summed E-state index contributed by atoms with van der Waals surface area (Å²) in [6.07, 6.45) is 1.77. The minimum Gasteiger partial charge on any atom is -0.508 e. The van der Waals surface area contributed by atoms with Crippen LogP contribution in [0.4, 0.5) is 0 Å². The SMILES string of the molecule is CN(C)Cc1cc(-c2ccccn2)ccc1O. The van der Waals surface area contributed by atoms with E-state index in [4.69, 9.17) is 0 Å². The number of phenolic OH excluding ortho intramolecular Hbond substituents is 1. The minimum atomic E-state index is 0.332. The molecule has 2 rings (SSSR count). The van der Waals surface area contributed by atoms with Gasteiger partial charge < -0.3 is 10.0 Å². The quantitative estimate of drug-likeness (QED) is 0.877. The molecule has 1 aromatic carbocycles. The molecule has 0 saturated carbocycles. The van der Waals surface area contributed by atoms with E-state index in [1.165, 1.54) is 0 Å². The molecule has 1 heterocycles. The molecule has 0 aliphatic heterocycles. The predicted octanol–water partition coefficient (Wildman–Crippen LogP) is 2.52. The summed E-state index contributed by atoms with van der Waals surface area (Å²) >= 11 is 0. The highest BCUT2D eigenvalue weighted by molar-refractivity contribution is 5.61. The molecule has 1 N–H and O–H groups in total. The monoisotopic (exact) mass is 228 g/mol. The molecule has 0 aliphatic rings. The van der Waals surface area contributed by atoms with E-state index in [-0.39, 0.29) is 0 Å². The van der Waals surface area contributed by atoms with Gasteiger partial charge in [-0.05, 0) is 44.4 Å². The minimum absolute atomic E-state index is 0.332. The van der Waals surface area contributed by atoms with Crippen LogP contribution in [-0.4, -0.2) is 29.1 Å². The molecular weight excluding hydrogens is 212 g/mol. The number of benzene rings is 1. The maximum Gasteiger partial charge on any atom is 0.120 e. The zero-order valence-electron chi connectivity index (χ0n) is 10.1. The zero-order valence-corrected chi connectivity index (χ0v) is 10.1. The second kappa shape index (κ2) is 4.97. The Balaban J connectivity index is 2.37. The molecule has 0 unspecified atom stereocenters. The average molecular weight is 228 g/mol. The lowest BCUT2D eigenvalue weighted by Crippen LogP contribution is -2.10. The van der Waals surface area contributed by atoms with Gasteiger partial charge in [0.25, 0.3) is 0 Å². The fourth-order valence-electron chi connectivity index (χ4n) is 1.75. The zero-order chi connectivity index (χ0) is 12.3. The standard InChI is InChI=1S/C14H16N2O/c1-16(2)10-12-9-11(6-7-14(12)17)13-5-3-4-8-15-13/h3-9,17H,10H2,1-2H3. The Bertz CT molecular complexity index is 495. The van der Waals surface area contributed by atoms with Gasteiger partial charge in [0.1, 0.15) is 5.75 Å². The third-order valence-corrected chi connectivity index (χ3v) is 2.53. The van der Waals surface area contributed by atoms with Crippen molar-refractivity contribution in [1.29, 1.82) is 0 Å². The summed E-state index contributed by atoms with van der Waals surface area (Å²) < 4.78 is 0. The van der Waals surface area contributed by atoms with Crippen LogP contribution in [0.15, 0.2) is 42.6 Å². The first-order valence-electron chi connectivity index (χ1n) is 5.55. The fraction of sp³-hybridized carbons (Fsp3) is 0.214. The summed E-state index contributed by atoms with van der Waals surface area (Å²) in [4.78, 5) is 6.33. The van der Waals surface area contributed by atoms with Crippen LogP contribution in [0, 0.1) is 0 Å². The van der Waals surface area contributed by atoms with Crippen molar-refractivity contribution in [2.45, 2.75) is 6.54 Å². The smallest absolute Gasteiger partial charge is 0.120 e. The second-order valence-electron chi connectivity index (χ2n) is 4.30. The van der Waals surface area contributed by atoms with Crippen molar-refractivity contribution in [3.63, 3.8) is 0 Å². The number of phenols is 1. The van der Waals surface area contributed by atoms with Crippen LogP contribution in [0.3, 0.4) is 0 Å². The van der Waals surface area contributed by atoms with Crippen LogP contribution < -0.4 is 0 Å². The van der Waals surface area contributed by atoms with E-state index in [9.17, 15) is 5.11 Å². The van der Waals surface area contributed by atoms with Gasteiger partial charge in [0.2, 0.25) is 0 Å².